The summed E-state index contributed by atoms with van der Waals surface area (Å²) >= 11 is 0. The summed E-state index contributed by atoms with van der Waals surface area (Å²) < 4.78 is 107. The number of anilines is 1. The molecule has 1 fully saturated rings. The van der Waals surface area contributed by atoms with Crippen LogP contribution in [0, 0.1) is 5.82 Å². The molecular formula is C33H45BF6N4O6Si. The van der Waals surface area contributed by atoms with Crippen molar-refractivity contribution in [2.45, 2.75) is 116 Å². The van der Waals surface area contributed by atoms with Gasteiger partial charge in [0, 0.05) is 38.9 Å². The van der Waals surface area contributed by atoms with Gasteiger partial charge in [-0.2, -0.15) is 27.1 Å². The zero-order valence-corrected chi connectivity index (χ0v) is 30.8. The predicted octanol–water partition coefficient (Wildman–Crippen LogP) is 6.22. The molecule has 51 heavy (non-hydrogen) atoms. The van der Waals surface area contributed by atoms with E-state index in [2.05, 4.69) is 34.8 Å². The fraction of sp³-hybridized carbons (Fsp3) is 0.606. The second-order valence-electron chi connectivity index (χ2n) is 14.9. The number of ether oxygens (including phenoxy) is 2. The van der Waals surface area contributed by atoms with Crippen LogP contribution in [0.25, 0.3) is 10.8 Å². The van der Waals surface area contributed by atoms with Gasteiger partial charge in [-0.25, -0.2) is 9.07 Å². The molecule has 0 unspecified atom stereocenters. The van der Waals surface area contributed by atoms with Crippen LogP contribution in [0.4, 0.5) is 32.0 Å². The molecule has 1 aromatic carbocycles. The third-order valence-corrected chi connectivity index (χ3v) is 10.9. The van der Waals surface area contributed by atoms with Gasteiger partial charge in [-0.05, 0) is 70.5 Å². The summed E-state index contributed by atoms with van der Waals surface area (Å²) in [6.07, 6.45) is -2.56. The topological polar surface area (TPSA) is 106 Å². The summed E-state index contributed by atoms with van der Waals surface area (Å²) in [7, 11) is -2.46. The Kier molecular flexibility index (Phi) is 12.6. The molecule has 0 aliphatic carbocycles. The van der Waals surface area contributed by atoms with Crippen molar-refractivity contribution in [2.24, 2.45) is 0 Å². The molecule has 1 atom stereocenters. The van der Waals surface area contributed by atoms with Gasteiger partial charge in [0.25, 0.3) is 11.1 Å². The number of alkyl halides is 5. The average molecular weight is 747 g/mol. The predicted molar refractivity (Wildman–Crippen MR) is 185 cm³/mol. The molecule has 1 aliphatic heterocycles. The Labute approximate surface area is 293 Å². The second-order valence-corrected chi connectivity index (χ2v) is 20.5. The van der Waals surface area contributed by atoms with E-state index in [4.69, 9.17) is 14.0 Å². The van der Waals surface area contributed by atoms with Crippen LogP contribution in [0.5, 0.6) is 0 Å². The Morgan fingerprint density at radius 2 is 1.69 bits per heavy atom. The smallest absolute Gasteiger partial charge is 0.399 e. The number of rotatable bonds is 16. The molecule has 18 heteroatoms. The van der Waals surface area contributed by atoms with Crippen LogP contribution in [0.2, 0.25) is 25.7 Å². The molecule has 0 spiro atoms. The van der Waals surface area contributed by atoms with E-state index in [1.165, 1.54) is 16.8 Å². The lowest BCUT2D eigenvalue weighted by atomic mass is 9.78. The number of pyridine rings is 1. The van der Waals surface area contributed by atoms with Crippen molar-refractivity contribution < 1.29 is 45.1 Å². The molecule has 1 aliphatic rings. The number of benzene rings is 1. The lowest BCUT2D eigenvalue weighted by Crippen LogP contribution is -2.41. The third kappa shape index (κ3) is 10.2. The van der Waals surface area contributed by atoms with Crippen molar-refractivity contribution in [3.8, 4) is 0 Å². The highest BCUT2D eigenvalue weighted by Crippen LogP contribution is 2.37. The molecule has 0 bridgehead atoms. The average Bonchev–Trinajstić information content (AvgIpc) is 3.21. The van der Waals surface area contributed by atoms with Crippen LogP contribution in [-0.2, 0) is 38.2 Å². The van der Waals surface area contributed by atoms with Gasteiger partial charge in [0.15, 0.2) is 0 Å². The summed E-state index contributed by atoms with van der Waals surface area (Å²) in [5.74, 6) is -0.687. The zero-order chi connectivity index (χ0) is 37.9. The van der Waals surface area contributed by atoms with E-state index in [-0.39, 0.29) is 43.3 Å². The van der Waals surface area contributed by atoms with E-state index in [9.17, 15) is 31.5 Å². The van der Waals surface area contributed by atoms with Gasteiger partial charge >= 0.3 is 19.9 Å². The van der Waals surface area contributed by atoms with Crippen molar-refractivity contribution >= 4 is 37.1 Å². The van der Waals surface area contributed by atoms with Crippen LogP contribution in [0.3, 0.4) is 0 Å². The molecule has 10 nitrogen and oxygen atoms in total. The van der Waals surface area contributed by atoms with Crippen molar-refractivity contribution in [2.75, 3.05) is 18.5 Å². The van der Waals surface area contributed by atoms with E-state index in [0.717, 1.165) is 18.3 Å². The van der Waals surface area contributed by atoms with E-state index < -0.39 is 86.7 Å². The van der Waals surface area contributed by atoms with E-state index in [1.54, 1.807) is 6.07 Å². The van der Waals surface area contributed by atoms with Gasteiger partial charge in [0.05, 0.1) is 35.1 Å². The molecular weight excluding hydrogens is 701 g/mol. The van der Waals surface area contributed by atoms with Gasteiger partial charge in [0.2, 0.25) is 0 Å². The molecule has 0 amide bonds. The standard InChI is InChI=1S/C33H45BF6N4O6Si/c1-31(2)32(3,4)50-34(49-31)24-17-21-10-13-43(28(45)23(21)18-25(24)35)12-8-9-22(11-14-48-30(36)37)42-26-19-41-44(20-47-15-16-51(5,6)7)29(46)27(26)33(38,39)40/h10,13,17-19,22,30,42H,8-9,11-12,14-16,20H2,1-7H3/t22-/m1/s1. The van der Waals surface area contributed by atoms with Gasteiger partial charge in [-0.1, -0.05) is 25.7 Å². The number of halogens is 6. The third-order valence-electron chi connectivity index (χ3n) is 9.16. The van der Waals surface area contributed by atoms with Crippen LogP contribution in [-0.4, -0.2) is 66.6 Å². The Balaban J connectivity index is 1.50. The first-order chi connectivity index (χ1) is 23.6. The Hall–Kier alpha value is -3.19. The van der Waals surface area contributed by atoms with Crippen molar-refractivity contribution in [1.29, 1.82) is 0 Å². The molecule has 0 radical (unpaired) electrons. The van der Waals surface area contributed by atoms with Crippen LogP contribution in [0.15, 0.2) is 40.2 Å². The quantitative estimate of drug-likeness (QED) is 0.105. The minimum absolute atomic E-state index is 0.0734. The number of fused-ring (bicyclic) bond motifs is 1. The SMILES string of the molecule is CC1(C)OB(c2cc3ccn(CCC[C@H](CCOC(F)F)Nc4cnn(COCC[Si](C)(C)C)c(=O)c4C(F)(F)F)c(=O)c3cc2F)OC1(C)C. The number of aryl methyl sites for hydroxylation is 1. The second kappa shape index (κ2) is 15.8. The van der Waals surface area contributed by atoms with E-state index in [0.29, 0.717) is 10.1 Å². The van der Waals surface area contributed by atoms with Crippen LogP contribution >= 0.6 is 0 Å². The first-order valence-electron chi connectivity index (χ1n) is 16.7. The number of hydrogen-bond donors (Lipinski definition) is 1. The minimum atomic E-state index is -5.07. The summed E-state index contributed by atoms with van der Waals surface area (Å²) in [6, 6.07) is 4.10. The molecule has 3 aromatic rings. The normalized spacial score (nSPS) is 16.7. The van der Waals surface area contributed by atoms with Crippen LogP contribution in [0.1, 0.15) is 52.5 Å². The fourth-order valence-electron chi connectivity index (χ4n) is 5.46. The lowest BCUT2D eigenvalue weighted by Gasteiger charge is -2.32. The Bertz CT molecular complexity index is 1780. The highest BCUT2D eigenvalue weighted by Gasteiger charge is 2.52. The highest BCUT2D eigenvalue weighted by molar-refractivity contribution is 6.76. The maximum absolute atomic E-state index is 15.3. The highest BCUT2D eigenvalue weighted by atomic mass is 28.3. The molecule has 2 aromatic heterocycles. The molecule has 3 heterocycles. The summed E-state index contributed by atoms with van der Waals surface area (Å²) in [5.41, 5.74) is -5.30. The van der Waals surface area contributed by atoms with Crippen molar-refractivity contribution in [3.05, 3.63) is 62.7 Å². The van der Waals surface area contributed by atoms with Gasteiger partial charge in [0.1, 0.15) is 18.1 Å². The largest absolute Gasteiger partial charge is 0.497 e. The summed E-state index contributed by atoms with van der Waals surface area (Å²) in [6.45, 7) is 9.94. The monoisotopic (exact) mass is 746 g/mol. The van der Waals surface area contributed by atoms with E-state index >= 15 is 4.39 Å². The fourth-order valence-corrected chi connectivity index (χ4v) is 6.22. The first-order valence-corrected chi connectivity index (χ1v) is 20.4. The van der Waals surface area contributed by atoms with Gasteiger partial charge in [-0.3, -0.25) is 9.59 Å². The molecule has 1 saturated heterocycles. The Morgan fingerprint density at radius 1 is 1.02 bits per heavy atom. The molecule has 0 saturated carbocycles. The van der Waals surface area contributed by atoms with Gasteiger partial charge < -0.3 is 28.7 Å². The minimum Gasteiger partial charge on any atom is -0.399 e. The lowest BCUT2D eigenvalue weighted by molar-refractivity contribution is -0.138. The number of aromatic nitrogens is 3. The van der Waals surface area contributed by atoms with Crippen LogP contribution < -0.4 is 21.9 Å². The summed E-state index contributed by atoms with van der Waals surface area (Å²) in [4.78, 5) is 26.2. The number of nitrogens with zero attached hydrogens (tertiary/aromatic N) is 3. The molecule has 4 rings (SSSR count). The number of hydrogen-bond acceptors (Lipinski definition) is 8. The first kappa shape index (κ1) is 40.6. The number of nitrogens with one attached hydrogen (secondary N) is 1. The molecule has 282 valence electrons. The summed E-state index contributed by atoms with van der Waals surface area (Å²) in [5, 5.41) is 7.05. The van der Waals surface area contributed by atoms with E-state index in [1.807, 2.05) is 27.7 Å². The Morgan fingerprint density at radius 3 is 2.29 bits per heavy atom. The van der Waals surface area contributed by atoms with Gasteiger partial charge in [-0.15, -0.1) is 0 Å². The maximum Gasteiger partial charge on any atom is 0.497 e. The molecule has 1 N–H and O–H groups in total. The maximum atomic E-state index is 15.3. The zero-order valence-electron chi connectivity index (χ0n) is 29.8. The van der Waals surface area contributed by atoms with Crippen molar-refractivity contribution in [3.63, 3.8) is 0 Å². The van der Waals surface area contributed by atoms with Crippen molar-refractivity contribution in [1.82, 2.24) is 14.3 Å².